The second-order valence-electron chi connectivity index (χ2n) is 5.91. The molecule has 1 aliphatic heterocycles. The summed E-state index contributed by atoms with van der Waals surface area (Å²) in [5, 5.41) is 20.1. The van der Waals surface area contributed by atoms with Crippen LogP contribution in [0.25, 0.3) is 0 Å². The van der Waals surface area contributed by atoms with Crippen LogP contribution in [0.4, 0.5) is 5.82 Å². The number of carbonyl (C=O) groups is 1. The van der Waals surface area contributed by atoms with Crippen molar-refractivity contribution >= 4 is 41.3 Å². The molecule has 0 atom stereocenters. The molecule has 26 heavy (non-hydrogen) atoms. The average Bonchev–Trinajstić information content (AvgIpc) is 2.66. The van der Waals surface area contributed by atoms with Crippen molar-refractivity contribution in [1.29, 1.82) is 10.8 Å². The summed E-state index contributed by atoms with van der Waals surface area (Å²) in [4.78, 5) is 16.4. The van der Waals surface area contributed by atoms with Crippen LogP contribution in [0.1, 0.15) is 5.56 Å². The smallest absolute Gasteiger partial charge is 0.227 e. The predicted molar refractivity (Wildman–Crippen MR) is 101 cm³/mol. The van der Waals surface area contributed by atoms with Gasteiger partial charge >= 0.3 is 0 Å². The topological polar surface area (TPSA) is 89.1 Å². The van der Waals surface area contributed by atoms with Crippen molar-refractivity contribution in [2.45, 2.75) is 6.42 Å². The number of hydrogen-bond acceptors (Lipinski definition) is 5. The summed E-state index contributed by atoms with van der Waals surface area (Å²) in [5.41, 5.74) is 0.877. The molecule has 0 spiro atoms. The summed E-state index contributed by atoms with van der Waals surface area (Å²) in [6.07, 6.45) is 1.22. The number of anilines is 1. The van der Waals surface area contributed by atoms with Gasteiger partial charge < -0.3 is 9.80 Å². The third-order valence-corrected chi connectivity index (χ3v) is 5.16. The van der Waals surface area contributed by atoms with E-state index in [-0.39, 0.29) is 17.8 Å². The second kappa shape index (κ2) is 7.88. The maximum Gasteiger partial charge on any atom is 0.227 e. The lowest BCUT2D eigenvalue weighted by Gasteiger charge is -2.35. The molecule has 136 valence electrons. The number of halogens is 2. The third-order valence-electron chi connectivity index (χ3n) is 4.30. The Bertz CT molecular complexity index is 889. The quantitative estimate of drug-likeness (QED) is 0.615. The number of nitrogens with zero attached hydrogens (tertiary/aromatic N) is 4. The first-order valence-corrected chi connectivity index (χ1v) is 8.86. The van der Waals surface area contributed by atoms with Crippen LogP contribution < -0.4 is 10.4 Å². The molecule has 0 radical (unpaired) electrons. The maximum absolute atomic E-state index is 12.6. The van der Waals surface area contributed by atoms with Gasteiger partial charge in [0.05, 0.1) is 16.5 Å². The van der Waals surface area contributed by atoms with E-state index in [1.165, 1.54) is 4.68 Å². The van der Waals surface area contributed by atoms with Crippen LogP contribution in [-0.4, -0.2) is 53.1 Å². The Morgan fingerprint density at radius 3 is 2.58 bits per heavy atom. The standard InChI is InChI=1S/C17H18Cl2N6O/c18-13-3-1-2-12(17(13)19)10-16(26)24-8-6-23(7-9-24)15-5-4-14(21)25(11-20)22-15/h1-5,11,20-21H,6-10H2. The van der Waals surface area contributed by atoms with Gasteiger partial charge in [-0.3, -0.25) is 15.6 Å². The van der Waals surface area contributed by atoms with Gasteiger partial charge in [-0.2, -0.15) is 0 Å². The largest absolute Gasteiger partial charge is 0.352 e. The summed E-state index contributed by atoms with van der Waals surface area (Å²) < 4.78 is 1.20. The molecular weight excluding hydrogens is 375 g/mol. The second-order valence-corrected chi connectivity index (χ2v) is 6.69. The van der Waals surface area contributed by atoms with Crippen LogP contribution in [0.5, 0.6) is 0 Å². The fourth-order valence-electron chi connectivity index (χ4n) is 2.84. The van der Waals surface area contributed by atoms with Crippen molar-refractivity contribution in [1.82, 2.24) is 14.7 Å². The number of hydrogen-bond donors (Lipinski definition) is 2. The molecule has 7 nitrogen and oxygen atoms in total. The molecule has 1 saturated heterocycles. The average molecular weight is 393 g/mol. The lowest BCUT2D eigenvalue weighted by Crippen LogP contribution is -2.49. The molecule has 0 aliphatic carbocycles. The summed E-state index contributed by atoms with van der Waals surface area (Å²) in [7, 11) is 0. The van der Waals surface area contributed by atoms with E-state index in [0.29, 0.717) is 42.0 Å². The molecule has 1 aromatic carbocycles. The highest BCUT2D eigenvalue weighted by atomic mass is 35.5. The van der Waals surface area contributed by atoms with Crippen molar-refractivity contribution in [3.8, 4) is 0 Å². The predicted octanol–water partition coefficient (Wildman–Crippen LogP) is 2.02. The van der Waals surface area contributed by atoms with Gasteiger partial charge in [0.2, 0.25) is 5.91 Å². The minimum absolute atomic E-state index is 0.0119. The molecule has 0 unspecified atom stereocenters. The molecule has 3 rings (SSSR count). The zero-order valence-electron chi connectivity index (χ0n) is 14.0. The summed E-state index contributed by atoms with van der Waals surface area (Å²) in [6, 6.07) is 8.66. The van der Waals surface area contributed by atoms with Crippen LogP contribution in [0.15, 0.2) is 30.3 Å². The van der Waals surface area contributed by atoms with Gasteiger partial charge in [-0.1, -0.05) is 35.3 Å². The Morgan fingerprint density at radius 1 is 1.15 bits per heavy atom. The Morgan fingerprint density at radius 2 is 1.88 bits per heavy atom. The molecule has 1 fully saturated rings. The first-order valence-electron chi connectivity index (χ1n) is 8.10. The molecule has 2 heterocycles. The number of benzene rings is 1. The number of aromatic nitrogens is 2. The van der Waals surface area contributed by atoms with Crippen LogP contribution >= 0.6 is 23.2 Å². The molecule has 2 N–H and O–H groups in total. The highest BCUT2D eigenvalue weighted by Crippen LogP contribution is 2.26. The first kappa shape index (κ1) is 18.4. The molecular formula is C17H18Cl2N6O. The number of amides is 1. The van der Waals surface area contributed by atoms with Crippen molar-refractivity contribution < 1.29 is 4.79 Å². The normalized spacial score (nSPS) is 14.4. The van der Waals surface area contributed by atoms with Gasteiger partial charge in [0.15, 0.2) is 0 Å². The zero-order chi connectivity index (χ0) is 18.7. The van der Waals surface area contributed by atoms with Crippen LogP contribution in [0.2, 0.25) is 10.0 Å². The zero-order valence-corrected chi connectivity index (χ0v) is 15.5. The van der Waals surface area contributed by atoms with E-state index in [0.717, 1.165) is 11.9 Å². The van der Waals surface area contributed by atoms with Gasteiger partial charge in [-0.15, -0.1) is 5.10 Å². The van der Waals surface area contributed by atoms with Gasteiger partial charge in [0.25, 0.3) is 0 Å². The van der Waals surface area contributed by atoms with Crippen molar-refractivity contribution in [3.05, 3.63) is 51.4 Å². The minimum Gasteiger partial charge on any atom is -0.352 e. The number of carbonyl (C=O) groups excluding carboxylic acids is 1. The highest BCUT2D eigenvalue weighted by Gasteiger charge is 2.23. The summed E-state index contributed by atoms with van der Waals surface area (Å²) >= 11 is 12.2. The van der Waals surface area contributed by atoms with Crippen molar-refractivity contribution in [2.75, 3.05) is 31.1 Å². The van der Waals surface area contributed by atoms with E-state index >= 15 is 0 Å². The van der Waals surface area contributed by atoms with Crippen molar-refractivity contribution in [3.63, 3.8) is 0 Å². The van der Waals surface area contributed by atoms with Gasteiger partial charge in [0.1, 0.15) is 17.6 Å². The Labute approximate surface area is 160 Å². The maximum atomic E-state index is 12.6. The van der Waals surface area contributed by atoms with E-state index in [2.05, 4.69) is 5.10 Å². The minimum atomic E-state index is 0.0119. The SMILES string of the molecule is N=Cn1nc(N2CCN(C(=O)Cc3cccc(Cl)c3Cl)CC2)ccc1=N. The summed E-state index contributed by atoms with van der Waals surface area (Å²) in [6.45, 7) is 2.42. The van der Waals surface area contributed by atoms with Gasteiger partial charge in [0, 0.05) is 26.2 Å². The lowest BCUT2D eigenvalue weighted by molar-refractivity contribution is -0.130. The van der Waals surface area contributed by atoms with E-state index < -0.39 is 0 Å². The van der Waals surface area contributed by atoms with Crippen molar-refractivity contribution in [2.24, 2.45) is 0 Å². The molecule has 9 heteroatoms. The highest BCUT2D eigenvalue weighted by molar-refractivity contribution is 6.42. The van der Waals surface area contributed by atoms with E-state index in [4.69, 9.17) is 34.0 Å². The van der Waals surface area contributed by atoms with E-state index in [9.17, 15) is 4.79 Å². The van der Waals surface area contributed by atoms with Gasteiger partial charge in [-0.25, -0.2) is 4.68 Å². The van der Waals surface area contributed by atoms with Crippen LogP contribution in [0.3, 0.4) is 0 Å². The number of rotatable bonds is 4. The monoisotopic (exact) mass is 392 g/mol. The van der Waals surface area contributed by atoms with Crippen LogP contribution in [0, 0.1) is 10.8 Å². The molecule has 1 aromatic heterocycles. The van der Waals surface area contributed by atoms with E-state index in [1.807, 2.05) is 11.0 Å². The molecule has 0 saturated carbocycles. The van der Waals surface area contributed by atoms with Gasteiger partial charge in [-0.05, 0) is 23.8 Å². The first-order chi connectivity index (χ1) is 12.5. The molecule has 0 bridgehead atoms. The molecule has 1 aliphatic rings. The fourth-order valence-corrected chi connectivity index (χ4v) is 3.23. The number of nitrogens with one attached hydrogen (secondary N) is 2. The third kappa shape index (κ3) is 3.89. The fraction of sp³-hybridized carbons (Fsp3) is 0.294. The van der Waals surface area contributed by atoms with Crippen LogP contribution in [-0.2, 0) is 11.2 Å². The number of piperazine rings is 1. The lowest BCUT2D eigenvalue weighted by atomic mass is 10.1. The molecule has 2 aromatic rings. The Balaban J connectivity index is 1.63. The summed E-state index contributed by atoms with van der Waals surface area (Å²) in [5.74, 6) is 0.701. The Hall–Kier alpha value is -2.38. The Kier molecular flexibility index (Phi) is 5.58. The molecule has 1 amide bonds. The van der Waals surface area contributed by atoms with E-state index in [1.54, 1.807) is 29.2 Å².